The summed E-state index contributed by atoms with van der Waals surface area (Å²) in [6.45, 7) is 3.75. The Bertz CT molecular complexity index is 951. The third-order valence-electron chi connectivity index (χ3n) is 4.00. The second-order valence-corrected chi connectivity index (χ2v) is 6.58. The molecule has 27 heavy (non-hydrogen) atoms. The van der Waals surface area contributed by atoms with Gasteiger partial charge in [-0.05, 0) is 55.8 Å². The Kier molecular flexibility index (Phi) is 5.35. The van der Waals surface area contributed by atoms with Gasteiger partial charge in [0.15, 0.2) is 0 Å². The van der Waals surface area contributed by atoms with Crippen molar-refractivity contribution >= 4 is 28.8 Å². The fourth-order valence-corrected chi connectivity index (χ4v) is 2.66. The second kappa shape index (κ2) is 7.86. The highest BCUT2D eigenvalue weighted by Gasteiger charge is 2.11. The summed E-state index contributed by atoms with van der Waals surface area (Å²) >= 11 is 0. The summed E-state index contributed by atoms with van der Waals surface area (Å²) in [6.07, 6.45) is 0. The molecular formula is C21H23N5O. The number of hydrogen-bond acceptors (Lipinski definition) is 5. The number of benzene rings is 2. The normalized spacial score (nSPS) is 10.4. The molecule has 3 aromatic rings. The van der Waals surface area contributed by atoms with Crippen LogP contribution in [0.5, 0.6) is 0 Å². The topological polar surface area (TPSA) is 70.2 Å². The Morgan fingerprint density at radius 2 is 1.67 bits per heavy atom. The summed E-state index contributed by atoms with van der Waals surface area (Å²) in [5, 5.41) is 6.10. The number of aryl methyl sites for hydroxylation is 2. The van der Waals surface area contributed by atoms with E-state index in [9.17, 15) is 4.79 Å². The first-order valence-electron chi connectivity index (χ1n) is 8.69. The van der Waals surface area contributed by atoms with E-state index in [2.05, 4.69) is 20.6 Å². The Labute approximate surface area is 159 Å². The van der Waals surface area contributed by atoms with Crippen molar-refractivity contribution in [2.45, 2.75) is 13.8 Å². The van der Waals surface area contributed by atoms with Crippen LogP contribution >= 0.6 is 0 Å². The molecule has 0 spiro atoms. The van der Waals surface area contributed by atoms with Gasteiger partial charge in [0.1, 0.15) is 17.3 Å². The minimum Gasteiger partial charge on any atom is -0.378 e. The third-order valence-corrected chi connectivity index (χ3v) is 4.00. The molecule has 1 aromatic heterocycles. The Morgan fingerprint density at radius 1 is 0.926 bits per heavy atom. The van der Waals surface area contributed by atoms with E-state index in [0.717, 1.165) is 22.6 Å². The van der Waals surface area contributed by atoms with Crippen molar-refractivity contribution in [1.29, 1.82) is 0 Å². The zero-order chi connectivity index (χ0) is 19.4. The van der Waals surface area contributed by atoms with Crippen LogP contribution in [0.15, 0.2) is 54.6 Å². The van der Waals surface area contributed by atoms with Crippen LogP contribution in [0.4, 0.5) is 22.9 Å². The van der Waals surface area contributed by atoms with Gasteiger partial charge in [-0.2, -0.15) is 0 Å². The lowest BCUT2D eigenvalue weighted by Crippen LogP contribution is -2.15. The van der Waals surface area contributed by atoms with Gasteiger partial charge in [0.05, 0.1) is 0 Å². The predicted molar refractivity (Wildman–Crippen MR) is 110 cm³/mol. The highest BCUT2D eigenvalue weighted by Crippen LogP contribution is 2.20. The van der Waals surface area contributed by atoms with E-state index >= 15 is 0 Å². The molecule has 2 aromatic carbocycles. The zero-order valence-corrected chi connectivity index (χ0v) is 15.9. The van der Waals surface area contributed by atoms with Gasteiger partial charge in [-0.25, -0.2) is 9.97 Å². The average Bonchev–Trinajstić information content (AvgIpc) is 2.61. The largest absolute Gasteiger partial charge is 0.378 e. The minimum atomic E-state index is -0.267. The van der Waals surface area contributed by atoms with Crippen molar-refractivity contribution in [3.8, 4) is 0 Å². The molecule has 1 heterocycles. The molecule has 138 valence electrons. The van der Waals surface area contributed by atoms with Gasteiger partial charge < -0.3 is 15.5 Å². The standard InChI is InChI=1S/C21H23N5O/c1-14-6-5-7-17(12-14)25-21(27)19-13-20(23-15(2)22-19)24-16-8-10-18(11-9-16)26(3)4/h5-13H,1-4H3,(H,25,27)(H,22,23,24). The summed E-state index contributed by atoms with van der Waals surface area (Å²) in [5.74, 6) is 0.839. The van der Waals surface area contributed by atoms with Gasteiger partial charge in [-0.15, -0.1) is 0 Å². The van der Waals surface area contributed by atoms with Crippen LogP contribution in [0.25, 0.3) is 0 Å². The van der Waals surface area contributed by atoms with E-state index in [1.165, 1.54) is 0 Å². The predicted octanol–water partition coefficient (Wildman–Crippen LogP) is 4.16. The van der Waals surface area contributed by atoms with E-state index in [1.807, 2.05) is 74.4 Å². The SMILES string of the molecule is Cc1cccc(NC(=O)c2cc(Nc3ccc(N(C)C)cc3)nc(C)n2)c1. The quantitative estimate of drug-likeness (QED) is 0.714. The Balaban J connectivity index is 1.78. The van der Waals surface area contributed by atoms with Crippen molar-refractivity contribution in [3.05, 3.63) is 71.7 Å². The first-order chi connectivity index (χ1) is 12.9. The van der Waals surface area contributed by atoms with Gasteiger partial charge in [0.2, 0.25) is 0 Å². The molecular weight excluding hydrogens is 338 g/mol. The number of carbonyl (C=O) groups is 1. The van der Waals surface area contributed by atoms with E-state index in [4.69, 9.17) is 0 Å². The fourth-order valence-electron chi connectivity index (χ4n) is 2.66. The molecule has 0 fully saturated rings. The second-order valence-electron chi connectivity index (χ2n) is 6.58. The first kappa shape index (κ1) is 18.4. The maximum absolute atomic E-state index is 12.6. The molecule has 2 N–H and O–H groups in total. The molecule has 0 saturated heterocycles. The number of carbonyl (C=O) groups excluding carboxylic acids is 1. The molecule has 6 heteroatoms. The van der Waals surface area contributed by atoms with E-state index in [0.29, 0.717) is 17.3 Å². The molecule has 0 aliphatic heterocycles. The number of amides is 1. The van der Waals surface area contributed by atoms with Crippen LogP contribution in [0, 0.1) is 13.8 Å². The molecule has 3 rings (SSSR count). The van der Waals surface area contributed by atoms with E-state index in [1.54, 1.807) is 13.0 Å². The van der Waals surface area contributed by atoms with Crippen molar-refractivity contribution in [2.24, 2.45) is 0 Å². The minimum absolute atomic E-state index is 0.267. The summed E-state index contributed by atoms with van der Waals surface area (Å²) in [6, 6.07) is 17.3. The van der Waals surface area contributed by atoms with E-state index < -0.39 is 0 Å². The highest BCUT2D eigenvalue weighted by molar-refractivity contribution is 6.03. The van der Waals surface area contributed by atoms with Crippen molar-refractivity contribution in [2.75, 3.05) is 29.6 Å². The fraction of sp³-hybridized carbons (Fsp3) is 0.190. The summed E-state index contributed by atoms with van der Waals surface area (Å²) in [5.41, 5.74) is 4.14. The van der Waals surface area contributed by atoms with Crippen molar-refractivity contribution < 1.29 is 4.79 Å². The summed E-state index contributed by atoms with van der Waals surface area (Å²) in [7, 11) is 3.99. The molecule has 1 amide bonds. The lowest BCUT2D eigenvalue weighted by Gasteiger charge is -2.13. The number of aromatic nitrogens is 2. The van der Waals surface area contributed by atoms with Crippen LogP contribution in [0.1, 0.15) is 21.9 Å². The van der Waals surface area contributed by atoms with Crippen LogP contribution in [-0.2, 0) is 0 Å². The zero-order valence-electron chi connectivity index (χ0n) is 15.9. The molecule has 0 radical (unpaired) electrons. The first-order valence-corrected chi connectivity index (χ1v) is 8.69. The number of hydrogen-bond donors (Lipinski definition) is 2. The molecule has 0 unspecified atom stereocenters. The van der Waals surface area contributed by atoms with Crippen molar-refractivity contribution in [3.63, 3.8) is 0 Å². The molecule has 0 aliphatic rings. The average molecular weight is 361 g/mol. The maximum Gasteiger partial charge on any atom is 0.274 e. The maximum atomic E-state index is 12.6. The third kappa shape index (κ3) is 4.82. The van der Waals surface area contributed by atoms with Crippen LogP contribution in [0.2, 0.25) is 0 Å². The van der Waals surface area contributed by atoms with Crippen molar-refractivity contribution in [1.82, 2.24) is 9.97 Å². The molecule has 6 nitrogen and oxygen atoms in total. The summed E-state index contributed by atoms with van der Waals surface area (Å²) < 4.78 is 0. The number of rotatable bonds is 5. The van der Waals surface area contributed by atoms with Gasteiger partial charge in [-0.3, -0.25) is 4.79 Å². The Hall–Kier alpha value is -3.41. The number of nitrogens with one attached hydrogen (secondary N) is 2. The highest BCUT2D eigenvalue weighted by atomic mass is 16.1. The van der Waals surface area contributed by atoms with Crippen LogP contribution in [0.3, 0.4) is 0 Å². The Morgan fingerprint density at radius 3 is 2.33 bits per heavy atom. The van der Waals surface area contributed by atoms with Crippen LogP contribution in [-0.4, -0.2) is 30.0 Å². The molecule has 0 aliphatic carbocycles. The molecule has 0 bridgehead atoms. The van der Waals surface area contributed by atoms with Crippen LogP contribution < -0.4 is 15.5 Å². The number of nitrogens with zero attached hydrogens (tertiary/aromatic N) is 3. The molecule has 0 saturated carbocycles. The molecule has 0 atom stereocenters. The smallest absolute Gasteiger partial charge is 0.274 e. The summed E-state index contributed by atoms with van der Waals surface area (Å²) in [4.78, 5) is 23.2. The van der Waals surface area contributed by atoms with Gasteiger partial charge >= 0.3 is 0 Å². The van der Waals surface area contributed by atoms with Gasteiger partial charge in [0, 0.05) is 37.2 Å². The lowest BCUT2D eigenvalue weighted by atomic mass is 10.2. The van der Waals surface area contributed by atoms with E-state index in [-0.39, 0.29) is 5.91 Å². The lowest BCUT2D eigenvalue weighted by molar-refractivity contribution is 0.102. The van der Waals surface area contributed by atoms with Gasteiger partial charge in [0.25, 0.3) is 5.91 Å². The van der Waals surface area contributed by atoms with Gasteiger partial charge in [-0.1, -0.05) is 12.1 Å². The monoisotopic (exact) mass is 361 g/mol. The number of anilines is 4.